The van der Waals surface area contributed by atoms with Crippen LogP contribution < -0.4 is 20.1 Å². The van der Waals surface area contributed by atoms with E-state index in [9.17, 15) is 0 Å². The quantitative estimate of drug-likeness (QED) is 0.885. The van der Waals surface area contributed by atoms with Crippen LogP contribution in [0.4, 0.5) is 0 Å². The maximum atomic E-state index is 6.16. The second-order valence-electron chi connectivity index (χ2n) is 5.61. The van der Waals surface area contributed by atoms with Gasteiger partial charge in [-0.05, 0) is 44.8 Å². The van der Waals surface area contributed by atoms with Gasteiger partial charge in [0.25, 0.3) is 0 Å². The maximum Gasteiger partial charge on any atom is 0.165 e. The number of para-hydroxylation sites is 1. The fourth-order valence-corrected chi connectivity index (χ4v) is 3.17. The Morgan fingerprint density at radius 2 is 2.05 bits per heavy atom. The summed E-state index contributed by atoms with van der Waals surface area (Å²) < 4.78 is 11.8. The van der Waals surface area contributed by atoms with E-state index in [0.29, 0.717) is 6.04 Å². The van der Waals surface area contributed by atoms with Crippen molar-refractivity contribution in [3.8, 4) is 11.5 Å². The predicted molar refractivity (Wildman–Crippen MR) is 79.5 cm³/mol. The molecule has 1 aromatic carbocycles. The van der Waals surface area contributed by atoms with Crippen LogP contribution in [0.25, 0.3) is 0 Å². The van der Waals surface area contributed by atoms with Crippen molar-refractivity contribution in [2.45, 2.75) is 37.8 Å². The zero-order valence-electron chi connectivity index (χ0n) is 12.2. The molecule has 4 nitrogen and oxygen atoms in total. The first-order valence-corrected chi connectivity index (χ1v) is 7.66. The second-order valence-corrected chi connectivity index (χ2v) is 5.61. The Labute approximate surface area is 120 Å². The Balaban J connectivity index is 1.80. The standard InChI is InChI=1S/C16H24N2O2/c1-19-16-13(14-7-4-10-18-14)6-2-8-15(16)20-12-5-3-9-17-11-12/h2,6,8,12,14,17-18H,3-5,7,9-11H2,1H3. The Kier molecular flexibility index (Phi) is 4.43. The number of benzene rings is 1. The van der Waals surface area contributed by atoms with Crippen molar-refractivity contribution in [2.75, 3.05) is 26.7 Å². The van der Waals surface area contributed by atoms with Gasteiger partial charge in [0, 0.05) is 18.2 Å². The molecule has 20 heavy (non-hydrogen) atoms. The molecule has 0 radical (unpaired) electrons. The molecule has 0 aliphatic carbocycles. The van der Waals surface area contributed by atoms with Gasteiger partial charge in [0.15, 0.2) is 11.5 Å². The lowest BCUT2D eigenvalue weighted by Crippen LogP contribution is -2.37. The lowest BCUT2D eigenvalue weighted by molar-refractivity contribution is 0.160. The van der Waals surface area contributed by atoms with E-state index in [1.807, 2.05) is 6.07 Å². The molecule has 3 rings (SSSR count). The Morgan fingerprint density at radius 3 is 2.75 bits per heavy atom. The van der Waals surface area contributed by atoms with E-state index in [1.165, 1.54) is 24.8 Å². The minimum atomic E-state index is 0.254. The highest BCUT2D eigenvalue weighted by Gasteiger charge is 2.23. The molecular weight excluding hydrogens is 252 g/mol. The molecule has 2 saturated heterocycles. The van der Waals surface area contributed by atoms with E-state index >= 15 is 0 Å². The van der Waals surface area contributed by atoms with Crippen molar-refractivity contribution in [1.82, 2.24) is 10.6 Å². The molecule has 2 heterocycles. The van der Waals surface area contributed by atoms with Crippen molar-refractivity contribution >= 4 is 0 Å². The third kappa shape index (κ3) is 2.91. The third-order valence-electron chi connectivity index (χ3n) is 4.19. The lowest BCUT2D eigenvalue weighted by Gasteiger charge is -2.26. The zero-order chi connectivity index (χ0) is 13.8. The first kappa shape index (κ1) is 13.7. The van der Waals surface area contributed by atoms with Gasteiger partial charge in [0.2, 0.25) is 0 Å². The molecule has 2 unspecified atom stereocenters. The average Bonchev–Trinajstić information content (AvgIpc) is 3.02. The summed E-state index contributed by atoms with van der Waals surface area (Å²) in [5, 5.41) is 6.91. The molecule has 0 spiro atoms. The fourth-order valence-electron chi connectivity index (χ4n) is 3.17. The molecule has 0 saturated carbocycles. The summed E-state index contributed by atoms with van der Waals surface area (Å²) in [4.78, 5) is 0. The van der Waals surface area contributed by atoms with Gasteiger partial charge in [-0.25, -0.2) is 0 Å². The molecule has 1 aromatic rings. The second kappa shape index (κ2) is 6.46. The molecule has 110 valence electrons. The topological polar surface area (TPSA) is 42.5 Å². The SMILES string of the molecule is COc1c(OC2CCCNC2)cccc1C1CCCN1. The van der Waals surface area contributed by atoms with Crippen LogP contribution in [0.3, 0.4) is 0 Å². The average molecular weight is 276 g/mol. The van der Waals surface area contributed by atoms with Gasteiger partial charge in [-0.1, -0.05) is 12.1 Å². The van der Waals surface area contributed by atoms with Crippen molar-refractivity contribution in [3.05, 3.63) is 23.8 Å². The van der Waals surface area contributed by atoms with Crippen LogP contribution in [0, 0.1) is 0 Å². The number of hydrogen-bond donors (Lipinski definition) is 2. The maximum absolute atomic E-state index is 6.16. The van der Waals surface area contributed by atoms with Crippen LogP contribution in [0.2, 0.25) is 0 Å². The molecule has 0 aromatic heterocycles. The number of rotatable bonds is 4. The highest BCUT2D eigenvalue weighted by atomic mass is 16.5. The van der Waals surface area contributed by atoms with E-state index in [2.05, 4.69) is 22.8 Å². The lowest BCUT2D eigenvalue weighted by atomic mass is 10.0. The highest BCUT2D eigenvalue weighted by molar-refractivity contribution is 5.48. The Bertz CT molecular complexity index is 438. The van der Waals surface area contributed by atoms with Gasteiger partial charge in [-0.2, -0.15) is 0 Å². The summed E-state index contributed by atoms with van der Waals surface area (Å²) in [6, 6.07) is 6.64. The smallest absolute Gasteiger partial charge is 0.165 e. The van der Waals surface area contributed by atoms with E-state index in [0.717, 1.165) is 37.6 Å². The summed E-state index contributed by atoms with van der Waals surface area (Å²) in [6.07, 6.45) is 4.94. The summed E-state index contributed by atoms with van der Waals surface area (Å²) in [5.74, 6) is 1.78. The molecule has 4 heteroatoms. The molecule has 2 aliphatic rings. The van der Waals surface area contributed by atoms with Crippen LogP contribution in [-0.2, 0) is 0 Å². The number of nitrogens with one attached hydrogen (secondary N) is 2. The van der Waals surface area contributed by atoms with Crippen LogP contribution in [-0.4, -0.2) is 32.8 Å². The number of hydrogen-bond acceptors (Lipinski definition) is 4. The Morgan fingerprint density at radius 1 is 1.15 bits per heavy atom. The molecule has 2 fully saturated rings. The van der Waals surface area contributed by atoms with Gasteiger partial charge in [-0.15, -0.1) is 0 Å². The molecule has 2 N–H and O–H groups in total. The van der Waals surface area contributed by atoms with Gasteiger partial charge < -0.3 is 20.1 Å². The summed E-state index contributed by atoms with van der Waals surface area (Å²) in [6.45, 7) is 3.11. The predicted octanol–water partition coefficient (Wildman–Crippen LogP) is 2.25. The minimum absolute atomic E-state index is 0.254. The van der Waals surface area contributed by atoms with Crippen LogP contribution in [0.1, 0.15) is 37.3 Å². The highest BCUT2D eigenvalue weighted by Crippen LogP contribution is 2.38. The molecule has 2 aliphatic heterocycles. The van der Waals surface area contributed by atoms with Gasteiger partial charge >= 0.3 is 0 Å². The van der Waals surface area contributed by atoms with Gasteiger partial charge in [0.05, 0.1) is 7.11 Å². The molecular formula is C16H24N2O2. The van der Waals surface area contributed by atoms with Crippen molar-refractivity contribution < 1.29 is 9.47 Å². The first-order valence-electron chi connectivity index (χ1n) is 7.66. The monoisotopic (exact) mass is 276 g/mol. The normalized spacial score (nSPS) is 26.4. The zero-order valence-corrected chi connectivity index (χ0v) is 12.2. The summed E-state index contributed by atoms with van der Waals surface area (Å²) >= 11 is 0. The van der Waals surface area contributed by atoms with Crippen LogP contribution in [0.15, 0.2) is 18.2 Å². The van der Waals surface area contributed by atoms with E-state index in [4.69, 9.17) is 9.47 Å². The number of ether oxygens (including phenoxy) is 2. The van der Waals surface area contributed by atoms with Crippen molar-refractivity contribution in [2.24, 2.45) is 0 Å². The van der Waals surface area contributed by atoms with E-state index in [-0.39, 0.29) is 6.10 Å². The van der Waals surface area contributed by atoms with E-state index < -0.39 is 0 Å². The first-order chi connectivity index (χ1) is 9.88. The summed E-state index contributed by atoms with van der Waals surface area (Å²) in [7, 11) is 1.74. The molecule has 0 bridgehead atoms. The number of methoxy groups -OCH3 is 1. The fraction of sp³-hybridized carbons (Fsp3) is 0.625. The van der Waals surface area contributed by atoms with Crippen LogP contribution in [0.5, 0.6) is 11.5 Å². The number of piperidine rings is 1. The third-order valence-corrected chi connectivity index (χ3v) is 4.19. The molecule has 0 amide bonds. The largest absolute Gasteiger partial charge is 0.493 e. The van der Waals surface area contributed by atoms with Crippen molar-refractivity contribution in [3.63, 3.8) is 0 Å². The van der Waals surface area contributed by atoms with Gasteiger partial charge in [-0.3, -0.25) is 0 Å². The molecule has 2 atom stereocenters. The van der Waals surface area contributed by atoms with Crippen molar-refractivity contribution in [1.29, 1.82) is 0 Å². The van der Waals surface area contributed by atoms with E-state index in [1.54, 1.807) is 7.11 Å². The van der Waals surface area contributed by atoms with Crippen LogP contribution >= 0.6 is 0 Å². The minimum Gasteiger partial charge on any atom is -0.493 e. The van der Waals surface area contributed by atoms with Gasteiger partial charge in [0.1, 0.15) is 6.10 Å². The summed E-state index contributed by atoms with van der Waals surface area (Å²) in [5.41, 5.74) is 1.23. The Hall–Kier alpha value is -1.26.